The van der Waals surface area contributed by atoms with E-state index in [1.54, 1.807) is 12.4 Å². The summed E-state index contributed by atoms with van der Waals surface area (Å²) in [7, 11) is 3.83. The van der Waals surface area contributed by atoms with E-state index in [4.69, 9.17) is 5.73 Å². The number of nitrogens with zero attached hydrogens (tertiary/aromatic N) is 2. The van der Waals surface area contributed by atoms with Crippen LogP contribution in [0, 0.1) is 5.92 Å². The Morgan fingerprint density at radius 1 is 1.56 bits per heavy atom. The van der Waals surface area contributed by atoms with Crippen LogP contribution >= 0.6 is 0 Å². The molecule has 0 spiro atoms. The second-order valence-corrected chi connectivity index (χ2v) is 4.69. The number of hydrogen-bond acceptors (Lipinski definition) is 4. The smallest absolute Gasteiger partial charge is 0.241 e. The Morgan fingerprint density at radius 3 is 2.78 bits per heavy atom. The van der Waals surface area contributed by atoms with Crippen LogP contribution in [0.2, 0.25) is 0 Å². The van der Waals surface area contributed by atoms with Gasteiger partial charge in [0.25, 0.3) is 0 Å². The standard InChI is InChI=1S/C13H22N4O/c1-5-9(2)12(14)13(18)16-10-8-15-7-6-11(10)17(3)4/h6-9,12H,5,14H2,1-4H3,(H,16,18). The van der Waals surface area contributed by atoms with Crippen LogP contribution in [0.5, 0.6) is 0 Å². The molecule has 18 heavy (non-hydrogen) atoms. The van der Waals surface area contributed by atoms with Gasteiger partial charge in [-0.1, -0.05) is 20.3 Å². The summed E-state index contributed by atoms with van der Waals surface area (Å²) in [6, 6.07) is 1.36. The minimum Gasteiger partial charge on any atom is -0.376 e. The lowest BCUT2D eigenvalue weighted by Crippen LogP contribution is -2.40. The topological polar surface area (TPSA) is 71.2 Å². The molecule has 0 radical (unpaired) electrons. The van der Waals surface area contributed by atoms with Gasteiger partial charge < -0.3 is 16.0 Å². The molecule has 0 saturated carbocycles. The summed E-state index contributed by atoms with van der Waals surface area (Å²) in [6.07, 6.45) is 4.21. The van der Waals surface area contributed by atoms with Crippen LogP contribution in [0.3, 0.4) is 0 Å². The Morgan fingerprint density at radius 2 is 2.22 bits per heavy atom. The normalized spacial score (nSPS) is 13.8. The van der Waals surface area contributed by atoms with Gasteiger partial charge in [-0.05, 0) is 12.0 Å². The van der Waals surface area contributed by atoms with Crippen LogP contribution in [-0.4, -0.2) is 31.0 Å². The molecule has 5 nitrogen and oxygen atoms in total. The number of carbonyl (C=O) groups is 1. The van der Waals surface area contributed by atoms with Crippen LogP contribution in [0.4, 0.5) is 11.4 Å². The van der Waals surface area contributed by atoms with Crippen molar-refractivity contribution >= 4 is 17.3 Å². The van der Waals surface area contributed by atoms with Crippen LogP contribution in [0.15, 0.2) is 18.5 Å². The predicted octanol–water partition coefficient (Wildman–Crippen LogP) is 1.46. The maximum absolute atomic E-state index is 12.0. The Kier molecular flexibility index (Phi) is 5.09. The molecule has 1 aromatic rings. The molecular formula is C13H22N4O. The third kappa shape index (κ3) is 3.43. The molecule has 100 valence electrons. The number of rotatable bonds is 5. The average molecular weight is 250 g/mol. The van der Waals surface area contributed by atoms with Crippen LogP contribution < -0.4 is 16.0 Å². The quantitative estimate of drug-likeness (QED) is 0.830. The van der Waals surface area contributed by atoms with Gasteiger partial charge >= 0.3 is 0 Å². The van der Waals surface area contributed by atoms with E-state index in [0.29, 0.717) is 5.69 Å². The molecule has 0 aliphatic heterocycles. The summed E-state index contributed by atoms with van der Waals surface area (Å²) >= 11 is 0. The van der Waals surface area contributed by atoms with E-state index >= 15 is 0 Å². The highest BCUT2D eigenvalue weighted by Gasteiger charge is 2.20. The van der Waals surface area contributed by atoms with E-state index in [1.165, 1.54) is 0 Å². The van der Waals surface area contributed by atoms with Crippen LogP contribution in [0.1, 0.15) is 20.3 Å². The first-order chi connectivity index (χ1) is 8.47. The molecule has 0 bridgehead atoms. The van der Waals surface area contributed by atoms with Crippen LogP contribution in [-0.2, 0) is 4.79 Å². The van der Waals surface area contributed by atoms with Crippen molar-refractivity contribution < 1.29 is 4.79 Å². The lowest BCUT2D eigenvalue weighted by atomic mass is 9.99. The monoisotopic (exact) mass is 250 g/mol. The van der Waals surface area contributed by atoms with Crippen molar-refractivity contribution in [2.45, 2.75) is 26.3 Å². The van der Waals surface area contributed by atoms with Gasteiger partial charge in [0.15, 0.2) is 0 Å². The van der Waals surface area contributed by atoms with Crippen LogP contribution in [0.25, 0.3) is 0 Å². The molecule has 0 aromatic carbocycles. The molecule has 0 aliphatic rings. The highest BCUT2D eigenvalue weighted by atomic mass is 16.2. The Balaban J connectivity index is 2.82. The molecule has 1 rings (SSSR count). The molecule has 0 saturated heterocycles. The zero-order chi connectivity index (χ0) is 13.7. The maximum atomic E-state index is 12.0. The molecule has 2 unspecified atom stereocenters. The van der Waals surface area contributed by atoms with E-state index in [9.17, 15) is 4.79 Å². The lowest BCUT2D eigenvalue weighted by molar-refractivity contribution is -0.118. The second kappa shape index (κ2) is 6.35. The van der Waals surface area contributed by atoms with Gasteiger partial charge in [0.2, 0.25) is 5.91 Å². The highest BCUT2D eigenvalue weighted by Crippen LogP contribution is 2.22. The maximum Gasteiger partial charge on any atom is 0.241 e. The van der Waals surface area contributed by atoms with Crippen molar-refractivity contribution in [2.24, 2.45) is 11.7 Å². The molecule has 2 atom stereocenters. The summed E-state index contributed by atoms with van der Waals surface area (Å²) in [6.45, 7) is 3.99. The summed E-state index contributed by atoms with van der Waals surface area (Å²) in [5.41, 5.74) is 7.50. The summed E-state index contributed by atoms with van der Waals surface area (Å²) in [5.74, 6) is -0.00933. The molecule has 0 fully saturated rings. The van der Waals surface area contributed by atoms with E-state index in [-0.39, 0.29) is 11.8 Å². The molecule has 1 aromatic heterocycles. The SMILES string of the molecule is CCC(C)C(N)C(=O)Nc1cnccc1N(C)C. The zero-order valence-corrected chi connectivity index (χ0v) is 11.5. The summed E-state index contributed by atoms with van der Waals surface area (Å²) < 4.78 is 0. The van der Waals surface area contributed by atoms with Crippen molar-refractivity contribution in [3.05, 3.63) is 18.5 Å². The minimum absolute atomic E-state index is 0.157. The Labute approximate surface area is 108 Å². The van der Waals surface area contributed by atoms with E-state index in [0.717, 1.165) is 12.1 Å². The van der Waals surface area contributed by atoms with E-state index < -0.39 is 6.04 Å². The van der Waals surface area contributed by atoms with Crippen molar-refractivity contribution in [3.63, 3.8) is 0 Å². The third-order valence-electron chi connectivity index (χ3n) is 3.10. The average Bonchev–Trinajstić information content (AvgIpc) is 2.37. The first-order valence-electron chi connectivity index (χ1n) is 6.15. The van der Waals surface area contributed by atoms with Gasteiger partial charge in [0.1, 0.15) is 0 Å². The minimum atomic E-state index is -0.495. The van der Waals surface area contributed by atoms with Gasteiger partial charge in [-0.15, -0.1) is 0 Å². The fraction of sp³-hybridized carbons (Fsp3) is 0.538. The van der Waals surface area contributed by atoms with Gasteiger partial charge in [-0.25, -0.2) is 0 Å². The fourth-order valence-corrected chi connectivity index (χ4v) is 1.60. The summed E-state index contributed by atoms with van der Waals surface area (Å²) in [5, 5.41) is 2.84. The zero-order valence-electron chi connectivity index (χ0n) is 11.5. The number of nitrogens with two attached hydrogens (primary N) is 1. The first kappa shape index (κ1) is 14.4. The Hall–Kier alpha value is -1.62. The van der Waals surface area contributed by atoms with Crippen molar-refractivity contribution in [1.29, 1.82) is 0 Å². The van der Waals surface area contributed by atoms with Crippen molar-refractivity contribution in [2.75, 3.05) is 24.3 Å². The number of nitrogens with one attached hydrogen (secondary N) is 1. The summed E-state index contributed by atoms with van der Waals surface area (Å²) in [4.78, 5) is 18.0. The molecule has 5 heteroatoms. The molecule has 1 amide bonds. The van der Waals surface area contributed by atoms with E-state index in [1.807, 2.05) is 38.9 Å². The number of carbonyl (C=O) groups excluding carboxylic acids is 1. The number of pyridine rings is 1. The second-order valence-electron chi connectivity index (χ2n) is 4.69. The number of aromatic nitrogens is 1. The molecule has 3 N–H and O–H groups in total. The van der Waals surface area contributed by atoms with Gasteiger partial charge in [0, 0.05) is 20.3 Å². The van der Waals surface area contributed by atoms with Gasteiger partial charge in [0.05, 0.1) is 23.6 Å². The van der Waals surface area contributed by atoms with E-state index in [2.05, 4.69) is 10.3 Å². The Bertz CT molecular complexity index is 406. The number of hydrogen-bond donors (Lipinski definition) is 2. The largest absolute Gasteiger partial charge is 0.376 e. The van der Waals surface area contributed by atoms with Crippen molar-refractivity contribution in [1.82, 2.24) is 4.98 Å². The predicted molar refractivity (Wildman–Crippen MR) is 74.6 cm³/mol. The van der Waals surface area contributed by atoms with Crippen molar-refractivity contribution in [3.8, 4) is 0 Å². The molecule has 0 aliphatic carbocycles. The highest BCUT2D eigenvalue weighted by molar-refractivity contribution is 5.97. The lowest BCUT2D eigenvalue weighted by Gasteiger charge is -2.21. The fourth-order valence-electron chi connectivity index (χ4n) is 1.60. The molecule has 1 heterocycles. The first-order valence-corrected chi connectivity index (χ1v) is 6.15. The van der Waals surface area contributed by atoms with Gasteiger partial charge in [-0.3, -0.25) is 9.78 Å². The number of amides is 1. The number of anilines is 2. The molecular weight excluding hydrogens is 228 g/mol. The third-order valence-corrected chi connectivity index (χ3v) is 3.10. The van der Waals surface area contributed by atoms with Gasteiger partial charge in [-0.2, -0.15) is 0 Å².